The molecule has 2 aromatic rings. The molecular formula is C18H17F3N2O4S. The Kier molecular flexibility index (Phi) is 6.81. The van der Waals surface area contributed by atoms with Crippen LogP contribution >= 0.6 is 0 Å². The number of hydrogen-bond acceptors (Lipinski definition) is 4. The van der Waals surface area contributed by atoms with Crippen molar-refractivity contribution in [1.82, 2.24) is 10.0 Å². The van der Waals surface area contributed by atoms with Crippen molar-refractivity contribution in [2.75, 3.05) is 7.05 Å². The summed E-state index contributed by atoms with van der Waals surface area (Å²) in [5.41, 5.74) is 0.745. The second kappa shape index (κ2) is 8.89. The van der Waals surface area contributed by atoms with Gasteiger partial charge in [0.15, 0.2) is 0 Å². The molecule has 2 aromatic carbocycles. The number of carbonyl (C=O) groups is 1. The second-order valence-electron chi connectivity index (χ2n) is 5.48. The third-order valence-electron chi connectivity index (χ3n) is 3.54. The van der Waals surface area contributed by atoms with Crippen molar-refractivity contribution < 1.29 is 31.1 Å². The van der Waals surface area contributed by atoms with Crippen molar-refractivity contribution in [1.29, 1.82) is 0 Å². The van der Waals surface area contributed by atoms with Gasteiger partial charge in [0.2, 0.25) is 15.9 Å². The molecule has 28 heavy (non-hydrogen) atoms. The molecule has 0 fully saturated rings. The summed E-state index contributed by atoms with van der Waals surface area (Å²) in [5, 5.41) is 2.46. The Labute approximate surface area is 160 Å². The minimum Gasteiger partial charge on any atom is -0.405 e. The van der Waals surface area contributed by atoms with E-state index in [2.05, 4.69) is 14.8 Å². The number of ether oxygens (including phenoxy) is 1. The maximum Gasteiger partial charge on any atom is 0.573 e. The Hall–Kier alpha value is -2.85. The summed E-state index contributed by atoms with van der Waals surface area (Å²) in [6.45, 7) is -0.158. The molecule has 0 radical (unpaired) electrons. The van der Waals surface area contributed by atoms with Crippen LogP contribution in [0.3, 0.4) is 0 Å². The van der Waals surface area contributed by atoms with Crippen LogP contribution in [-0.2, 0) is 21.4 Å². The fourth-order valence-electron chi connectivity index (χ4n) is 2.16. The lowest BCUT2D eigenvalue weighted by Crippen LogP contribution is -2.22. The number of hydrogen-bond donors (Lipinski definition) is 2. The van der Waals surface area contributed by atoms with Gasteiger partial charge >= 0.3 is 6.36 Å². The highest BCUT2D eigenvalue weighted by molar-refractivity contribution is 7.89. The number of alkyl halides is 3. The largest absolute Gasteiger partial charge is 0.573 e. The van der Waals surface area contributed by atoms with Gasteiger partial charge in [0.25, 0.3) is 0 Å². The van der Waals surface area contributed by atoms with Crippen molar-refractivity contribution in [2.45, 2.75) is 17.8 Å². The monoisotopic (exact) mass is 414 g/mol. The van der Waals surface area contributed by atoms with E-state index < -0.39 is 22.3 Å². The van der Waals surface area contributed by atoms with E-state index in [9.17, 15) is 26.4 Å². The van der Waals surface area contributed by atoms with Crippen LogP contribution in [-0.4, -0.2) is 27.7 Å². The Morgan fingerprint density at radius 3 is 2.36 bits per heavy atom. The Bertz CT molecular complexity index is 956. The number of benzene rings is 2. The summed E-state index contributed by atoms with van der Waals surface area (Å²) in [7, 11) is -2.25. The van der Waals surface area contributed by atoms with E-state index in [1.807, 2.05) is 0 Å². The Morgan fingerprint density at radius 2 is 1.75 bits per heavy atom. The topological polar surface area (TPSA) is 84.5 Å². The van der Waals surface area contributed by atoms with Crippen molar-refractivity contribution >= 4 is 22.0 Å². The number of para-hydroxylation sites is 1. The second-order valence-corrected chi connectivity index (χ2v) is 7.37. The molecule has 150 valence electrons. The molecular weight excluding hydrogens is 397 g/mol. The van der Waals surface area contributed by atoms with E-state index in [1.165, 1.54) is 61.7 Å². The zero-order chi connectivity index (χ0) is 20.8. The summed E-state index contributed by atoms with van der Waals surface area (Å²) in [6, 6.07) is 11.3. The van der Waals surface area contributed by atoms with E-state index in [0.29, 0.717) is 5.56 Å². The van der Waals surface area contributed by atoms with Gasteiger partial charge in [-0.15, -0.1) is 13.2 Å². The molecule has 1 amide bonds. The minimum atomic E-state index is -4.83. The zero-order valence-electron chi connectivity index (χ0n) is 14.7. The van der Waals surface area contributed by atoms with Crippen molar-refractivity contribution in [3.63, 3.8) is 0 Å². The van der Waals surface area contributed by atoms with Crippen LogP contribution in [0, 0.1) is 0 Å². The molecule has 0 saturated carbocycles. The standard InChI is InChI=1S/C18H17F3N2O4S/c1-22-28(25,26)15-9-6-13(7-10-15)8-11-17(24)23-12-14-4-2-3-5-16(14)27-18(19,20)21/h2-11,22H,12H2,1H3,(H,23,24)/b11-8+. The minimum absolute atomic E-state index is 0.0814. The molecule has 0 atom stereocenters. The number of nitrogens with one attached hydrogen (secondary N) is 2. The molecule has 0 aliphatic rings. The highest BCUT2D eigenvalue weighted by atomic mass is 32.2. The van der Waals surface area contributed by atoms with Gasteiger partial charge in [0, 0.05) is 18.2 Å². The molecule has 0 aliphatic heterocycles. The number of carbonyl (C=O) groups excluding carboxylic acids is 1. The first kappa shape index (κ1) is 21.5. The lowest BCUT2D eigenvalue weighted by Gasteiger charge is -2.13. The van der Waals surface area contributed by atoms with E-state index in [4.69, 9.17) is 0 Å². The fourth-order valence-corrected chi connectivity index (χ4v) is 2.89. The highest BCUT2D eigenvalue weighted by Gasteiger charge is 2.31. The number of halogens is 3. The van der Waals surface area contributed by atoms with Gasteiger partial charge in [-0.05, 0) is 36.9 Å². The molecule has 10 heteroatoms. The average Bonchev–Trinajstić information content (AvgIpc) is 2.65. The van der Waals surface area contributed by atoms with Crippen LogP contribution in [0.1, 0.15) is 11.1 Å². The van der Waals surface area contributed by atoms with Crippen molar-refractivity contribution in [3.8, 4) is 5.75 Å². The maximum atomic E-state index is 12.4. The first-order valence-corrected chi connectivity index (χ1v) is 9.42. The predicted octanol–water partition coefficient (Wildman–Crippen LogP) is 2.82. The smallest absolute Gasteiger partial charge is 0.405 e. The number of amides is 1. The van der Waals surface area contributed by atoms with Crippen molar-refractivity contribution in [3.05, 3.63) is 65.7 Å². The SMILES string of the molecule is CNS(=O)(=O)c1ccc(/C=C/C(=O)NCc2ccccc2OC(F)(F)F)cc1. The molecule has 6 nitrogen and oxygen atoms in total. The zero-order valence-corrected chi connectivity index (χ0v) is 15.5. The Balaban J connectivity index is 1.98. The average molecular weight is 414 g/mol. The van der Waals surface area contributed by atoms with E-state index in [1.54, 1.807) is 0 Å². The van der Waals surface area contributed by atoms with Crippen LogP contribution in [0.15, 0.2) is 59.5 Å². The lowest BCUT2D eigenvalue weighted by molar-refractivity contribution is -0.274. The summed E-state index contributed by atoms with van der Waals surface area (Å²) in [4.78, 5) is 12.0. The van der Waals surface area contributed by atoms with Gasteiger partial charge in [0.1, 0.15) is 5.75 Å². The third-order valence-corrected chi connectivity index (χ3v) is 4.97. The van der Waals surface area contributed by atoms with Gasteiger partial charge < -0.3 is 10.1 Å². The molecule has 0 unspecified atom stereocenters. The van der Waals surface area contributed by atoms with Crippen LogP contribution in [0.2, 0.25) is 0 Å². The first-order valence-electron chi connectivity index (χ1n) is 7.94. The molecule has 0 bridgehead atoms. The van der Waals surface area contributed by atoms with E-state index in [0.717, 1.165) is 6.07 Å². The molecule has 0 saturated heterocycles. The molecule has 2 N–H and O–H groups in total. The quantitative estimate of drug-likeness (QED) is 0.683. The van der Waals surface area contributed by atoms with Crippen LogP contribution in [0.4, 0.5) is 13.2 Å². The van der Waals surface area contributed by atoms with E-state index >= 15 is 0 Å². The lowest BCUT2D eigenvalue weighted by atomic mass is 10.2. The summed E-state index contributed by atoms with van der Waals surface area (Å²) < 4.78 is 66.6. The van der Waals surface area contributed by atoms with E-state index in [-0.39, 0.29) is 22.8 Å². The summed E-state index contributed by atoms with van der Waals surface area (Å²) >= 11 is 0. The molecule has 0 aliphatic carbocycles. The van der Waals surface area contributed by atoms with Crippen LogP contribution < -0.4 is 14.8 Å². The molecule has 0 aromatic heterocycles. The van der Waals surface area contributed by atoms with Gasteiger partial charge in [0.05, 0.1) is 4.90 Å². The van der Waals surface area contributed by atoms with Gasteiger partial charge in [-0.2, -0.15) is 0 Å². The number of sulfonamides is 1. The van der Waals surface area contributed by atoms with Gasteiger partial charge in [-0.1, -0.05) is 30.3 Å². The fraction of sp³-hybridized carbons (Fsp3) is 0.167. The molecule has 2 rings (SSSR count). The van der Waals surface area contributed by atoms with Crippen LogP contribution in [0.25, 0.3) is 6.08 Å². The van der Waals surface area contributed by atoms with Gasteiger partial charge in [-0.3, -0.25) is 4.79 Å². The molecule has 0 heterocycles. The van der Waals surface area contributed by atoms with Crippen molar-refractivity contribution in [2.24, 2.45) is 0 Å². The van der Waals surface area contributed by atoms with Gasteiger partial charge in [-0.25, -0.2) is 13.1 Å². The molecule has 0 spiro atoms. The maximum absolute atomic E-state index is 12.4. The third kappa shape index (κ3) is 6.39. The van der Waals surface area contributed by atoms with Crippen LogP contribution in [0.5, 0.6) is 5.75 Å². The summed E-state index contributed by atoms with van der Waals surface area (Å²) in [5.74, 6) is -0.922. The predicted molar refractivity (Wildman–Crippen MR) is 96.7 cm³/mol. The first-order chi connectivity index (χ1) is 13.1. The Morgan fingerprint density at radius 1 is 1.11 bits per heavy atom. The summed E-state index contributed by atoms with van der Waals surface area (Å²) in [6.07, 6.45) is -2.19. The normalized spacial score (nSPS) is 12.1. The number of rotatable bonds is 7. The highest BCUT2D eigenvalue weighted by Crippen LogP contribution is 2.26.